The van der Waals surface area contributed by atoms with E-state index in [4.69, 9.17) is 0 Å². The first-order valence-electron chi connectivity index (χ1n) is 7.17. The zero-order chi connectivity index (χ0) is 14.7. The Kier molecular flexibility index (Phi) is 4.32. The Morgan fingerprint density at radius 3 is 2.55 bits per heavy atom. The van der Waals surface area contributed by atoms with E-state index in [1.807, 2.05) is 36.7 Å². The average molecular weight is 271 g/mol. The highest BCUT2D eigenvalue weighted by molar-refractivity contribution is 5.95. The van der Waals surface area contributed by atoms with E-state index >= 15 is 0 Å². The summed E-state index contributed by atoms with van der Waals surface area (Å²) in [7, 11) is 0. The van der Waals surface area contributed by atoms with Crippen LogP contribution in [0.5, 0.6) is 0 Å². The maximum absolute atomic E-state index is 11.9. The molecule has 20 heavy (non-hydrogen) atoms. The summed E-state index contributed by atoms with van der Waals surface area (Å²) in [5.41, 5.74) is 3.63. The molecule has 0 N–H and O–H groups in total. The zero-order valence-corrected chi connectivity index (χ0v) is 12.6. The maximum Gasteiger partial charge on any atom is 0.184 e. The number of aromatic nitrogens is 3. The summed E-state index contributed by atoms with van der Waals surface area (Å²) in [5, 5.41) is 8.31. The van der Waals surface area contributed by atoms with Crippen LogP contribution in [-0.4, -0.2) is 20.8 Å². The van der Waals surface area contributed by atoms with Gasteiger partial charge in [-0.3, -0.25) is 4.79 Å². The summed E-state index contributed by atoms with van der Waals surface area (Å²) in [6.45, 7) is 8.18. The van der Waals surface area contributed by atoms with E-state index in [-0.39, 0.29) is 5.78 Å². The van der Waals surface area contributed by atoms with Crippen molar-refractivity contribution in [2.24, 2.45) is 0 Å². The number of ketones is 1. The molecule has 0 spiro atoms. The first kappa shape index (κ1) is 14.4. The normalized spacial score (nSPS) is 11.1. The van der Waals surface area contributed by atoms with Crippen LogP contribution in [0.25, 0.3) is 5.69 Å². The molecule has 1 heterocycles. The van der Waals surface area contributed by atoms with Gasteiger partial charge < -0.3 is 0 Å². The molecule has 0 atom stereocenters. The minimum atomic E-state index is 0.0510. The lowest BCUT2D eigenvalue weighted by Crippen LogP contribution is -2.08. The molecular weight excluding hydrogens is 250 g/mol. The van der Waals surface area contributed by atoms with E-state index in [2.05, 4.69) is 30.2 Å². The molecule has 106 valence electrons. The molecule has 0 aliphatic heterocycles. The fourth-order valence-electron chi connectivity index (χ4n) is 2.37. The minimum Gasteiger partial charge on any atom is -0.292 e. The highest BCUT2D eigenvalue weighted by Crippen LogP contribution is 2.24. The second kappa shape index (κ2) is 5.99. The third-order valence-corrected chi connectivity index (χ3v) is 3.47. The molecule has 2 aromatic rings. The molecule has 0 aliphatic carbocycles. The summed E-state index contributed by atoms with van der Waals surface area (Å²) in [6.07, 6.45) is 1.19. The van der Waals surface area contributed by atoms with Crippen molar-refractivity contribution < 1.29 is 4.79 Å². The highest BCUT2D eigenvalue weighted by atomic mass is 16.1. The summed E-state index contributed by atoms with van der Waals surface area (Å²) in [6, 6.07) is 8.15. The van der Waals surface area contributed by atoms with Crippen LogP contribution in [0.2, 0.25) is 0 Å². The summed E-state index contributed by atoms with van der Waals surface area (Å²) >= 11 is 0. The number of Topliss-reactive ketones (excluding diaryl/α,β-unsaturated/α-hetero) is 1. The molecule has 1 aromatic carbocycles. The molecule has 0 saturated heterocycles. The van der Waals surface area contributed by atoms with Crippen LogP contribution < -0.4 is 0 Å². The number of carbonyl (C=O) groups is 1. The smallest absolute Gasteiger partial charge is 0.184 e. The van der Waals surface area contributed by atoms with Gasteiger partial charge in [-0.15, -0.1) is 5.10 Å². The van der Waals surface area contributed by atoms with Gasteiger partial charge in [0.05, 0.1) is 11.4 Å². The molecule has 2 rings (SSSR count). The SMILES string of the molecule is CCC(=O)c1nnn(-c2ccccc2C(C)C)c1CC. The van der Waals surface area contributed by atoms with Gasteiger partial charge in [0.15, 0.2) is 11.5 Å². The minimum absolute atomic E-state index is 0.0510. The van der Waals surface area contributed by atoms with Gasteiger partial charge in [0.1, 0.15) is 0 Å². The summed E-state index contributed by atoms with van der Waals surface area (Å²) in [4.78, 5) is 11.9. The lowest BCUT2D eigenvalue weighted by Gasteiger charge is -2.13. The molecule has 0 aliphatic rings. The van der Waals surface area contributed by atoms with Gasteiger partial charge in [-0.25, -0.2) is 4.68 Å². The van der Waals surface area contributed by atoms with Crippen molar-refractivity contribution >= 4 is 5.78 Å². The van der Waals surface area contributed by atoms with Crippen molar-refractivity contribution in [3.63, 3.8) is 0 Å². The van der Waals surface area contributed by atoms with Crippen molar-refractivity contribution in [3.05, 3.63) is 41.2 Å². The van der Waals surface area contributed by atoms with E-state index in [9.17, 15) is 4.79 Å². The van der Waals surface area contributed by atoms with Gasteiger partial charge in [-0.2, -0.15) is 0 Å². The van der Waals surface area contributed by atoms with E-state index < -0.39 is 0 Å². The first-order chi connectivity index (χ1) is 9.60. The van der Waals surface area contributed by atoms with Gasteiger partial charge in [0.25, 0.3) is 0 Å². The van der Waals surface area contributed by atoms with Gasteiger partial charge in [-0.05, 0) is 24.0 Å². The molecule has 1 aromatic heterocycles. The second-order valence-electron chi connectivity index (χ2n) is 5.14. The number of hydrogen-bond donors (Lipinski definition) is 0. The largest absolute Gasteiger partial charge is 0.292 e. The molecular formula is C16H21N3O. The number of nitrogens with zero attached hydrogens (tertiary/aromatic N) is 3. The van der Waals surface area contributed by atoms with E-state index in [1.165, 1.54) is 5.56 Å². The van der Waals surface area contributed by atoms with Gasteiger partial charge in [0, 0.05) is 6.42 Å². The Morgan fingerprint density at radius 2 is 1.95 bits per heavy atom. The number of para-hydroxylation sites is 1. The Morgan fingerprint density at radius 1 is 1.25 bits per heavy atom. The number of benzene rings is 1. The van der Waals surface area contributed by atoms with E-state index in [0.717, 1.165) is 17.8 Å². The third-order valence-electron chi connectivity index (χ3n) is 3.47. The fraction of sp³-hybridized carbons (Fsp3) is 0.438. The first-order valence-corrected chi connectivity index (χ1v) is 7.17. The Balaban J connectivity index is 2.59. The molecule has 0 bridgehead atoms. The van der Waals surface area contributed by atoms with Crippen molar-refractivity contribution in [1.29, 1.82) is 0 Å². The van der Waals surface area contributed by atoms with Crippen molar-refractivity contribution in [2.75, 3.05) is 0 Å². The maximum atomic E-state index is 11.9. The standard InChI is InChI=1S/C16H21N3O/c1-5-13-16(15(20)6-2)17-18-19(13)14-10-8-7-9-12(14)11(3)4/h7-11H,5-6H2,1-4H3. The molecule has 0 fully saturated rings. The molecule has 0 unspecified atom stereocenters. The molecule has 0 saturated carbocycles. The van der Waals surface area contributed by atoms with Crippen LogP contribution in [-0.2, 0) is 6.42 Å². The molecule has 4 heteroatoms. The van der Waals surface area contributed by atoms with E-state index in [0.29, 0.717) is 18.0 Å². The van der Waals surface area contributed by atoms with Crippen LogP contribution >= 0.6 is 0 Å². The molecule has 4 nitrogen and oxygen atoms in total. The molecule has 0 radical (unpaired) electrons. The molecule has 0 amide bonds. The topological polar surface area (TPSA) is 47.8 Å². The predicted molar refractivity (Wildman–Crippen MR) is 79.4 cm³/mol. The van der Waals surface area contributed by atoms with Crippen LogP contribution in [0.15, 0.2) is 24.3 Å². The van der Waals surface area contributed by atoms with Crippen LogP contribution in [0.1, 0.15) is 61.8 Å². The Hall–Kier alpha value is -1.97. The van der Waals surface area contributed by atoms with Crippen molar-refractivity contribution in [2.45, 2.75) is 46.5 Å². The summed E-state index contributed by atoms with van der Waals surface area (Å²) < 4.78 is 1.82. The number of carbonyl (C=O) groups excluding carboxylic acids is 1. The highest BCUT2D eigenvalue weighted by Gasteiger charge is 2.19. The number of hydrogen-bond acceptors (Lipinski definition) is 3. The average Bonchev–Trinajstić information content (AvgIpc) is 2.89. The van der Waals surface area contributed by atoms with Crippen molar-refractivity contribution in [3.8, 4) is 5.69 Å². The monoisotopic (exact) mass is 271 g/mol. The summed E-state index contributed by atoms with van der Waals surface area (Å²) in [5.74, 6) is 0.445. The predicted octanol–water partition coefficient (Wildman–Crippen LogP) is 3.55. The second-order valence-corrected chi connectivity index (χ2v) is 5.14. The lowest BCUT2D eigenvalue weighted by molar-refractivity contribution is 0.0982. The van der Waals surface area contributed by atoms with Gasteiger partial charge in [0.2, 0.25) is 0 Å². The van der Waals surface area contributed by atoms with Crippen LogP contribution in [0.3, 0.4) is 0 Å². The van der Waals surface area contributed by atoms with Crippen molar-refractivity contribution in [1.82, 2.24) is 15.0 Å². The third kappa shape index (κ3) is 2.50. The lowest BCUT2D eigenvalue weighted by atomic mass is 10.0. The van der Waals surface area contributed by atoms with Crippen LogP contribution in [0.4, 0.5) is 0 Å². The van der Waals surface area contributed by atoms with Crippen LogP contribution in [0, 0.1) is 0 Å². The quantitative estimate of drug-likeness (QED) is 0.781. The zero-order valence-electron chi connectivity index (χ0n) is 12.6. The van der Waals surface area contributed by atoms with E-state index in [1.54, 1.807) is 0 Å². The fourth-order valence-corrected chi connectivity index (χ4v) is 2.37. The Labute approximate surface area is 119 Å². The number of rotatable bonds is 5. The van der Waals surface area contributed by atoms with Gasteiger partial charge in [-0.1, -0.05) is 51.1 Å². The van der Waals surface area contributed by atoms with Gasteiger partial charge >= 0.3 is 0 Å². The Bertz CT molecular complexity index is 614.